The fraction of sp³-hybridized carbons (Fsp3) is 0.250. The summed E-state index contributed by atoms with van der Waals surface area (Å²) in [6.07, 6.45) is 0. The normalized spacial score (nSPS) is 14.1. The summed E-state index contributed by atoms with van der Waals surface area (Å²) in [4.78, 5) is -0.280. The molecule has 0 spiro atoms. The number of hydrogen-bond donors (Lipinski definition) is 1. The Bertz CT molecular complexity index is 699. The van der Waals surface area contributed by atoms with Gasteiger partial charge >= 0.3 is 30.1 Å². The van der Waals surface area contributed by atoms with Crippen LogP contribution in [0.5, 0.6) is 0 Å². The maximum Gasteiger partial charge on any atom is 0.512 e. The van der Waals surface area contributed by atoms with Crippen molar-refractivity contribution in [1.29, 1.82) is 0 Å². The van der Waals surface area contributed by atoms with Gasteiger partial charge in [-0.05, 0) is 23.9 Å². The second-order valence-electron chi connectivity index (χ2n) is 3.41. The number of benzene rings is 1. The van der Waals surface area contributed by atoms with E-state index >= 15 is 0 Å². The minimum absolute atomic E-state index is 0.0183. The molecular formula is C8H6F5NO4S3. The summed E-state index contributed by atoms with van der Waals surface area (Å²) in [6, 6.07) is 6.15. The fourth-order valence-corrected chi connectivity index (χ4v) is 4.44. The zero-order chi connectivity index (χ0) is 16.5. The van der Waals surface area contributed by atoms with Gasteiger partial charge < -0.3 is 0 Å². The highest BCUT2D eigenvalue weighted by atomic mass is 32.3. The van der Waals surface area contributed by atoms with Crippen molar-refractivity contribution in [3.05, 3.63) is 30.3 Å². The van der Waals surface area contributed by atoms with Crippen LogP contribution in [0.3, 0.4) is 0 Å². The topological polar surface area (TPSA) is 80.3 Å². The lowest BCUT2D eigenvalue weighted by Crippen LogP contribution is -2.46. The van der Waals surface area contributed by atoms with Crippen LogP contribution in [0.25, 0.3) is 0 Å². The fourth-order valence-electron chi connectivity index (χ4n) is 0.921. The minimum Gasteiger partial charge on any atom is -0.204 e. The smallest absolute Gasteiger partial charge is 0.204 e. The Morgan fingerprint density at radius 3 is 1.76 bits per heavy atom. The summed E-state index contributed by atoms with van der Waals surface area (Å²) < 4.78 is 102. The molecule has 120 valence electrons. The van der Waals surface area contributed by atoms with Gasteiger partial charge in [0.25, 0.3) is 0 Å². The molecule has 0 radical (unpaired) electrons. The molecule has 0 saturated heterocycles. The third-order valence-electron chi connectivity index (χ3n) is 1.82. The van der Waals surface area contributed by atoms with Crippen LogP contribution in [0.15, 0.2) is 35.2 Å². The first-order valence-electron chi connectivity index (χ1n) is 4.75. The number of alkyl halides is 5. The Kier molecular flexibility index (Phi) is 4.92. The van der Waals surface area contributed by atoms with Crippen LogP contribution in [0.2, 0.25) is 0 Å². The summed E-state index contributed by atoms with van der Waals surface area (Å²) in [5.41, 5.74) is -6.03. The molecule has 0 aliphatic rings. The number of hydrogen-bond acceptors (Lipinski definition) is 5. The SMILES string of the molecule is O=S(=O)(NS(=O)(=O)C(F)(F)Sc1ccccc1)C(F)(F)F. The van der Waals surface area contributed by atoms with Gasteiger partial charge in [-0.2, -0.15) is 22.0 Å². The first-order chi connectivity index (χ1) is 9.29. The molecule has 1 rings (SSSR count). The van der Waals surface area contributed by atoms with Crippen molar-refractivity contribution in [2.24, 2.45) is 0 Å². The van der Waals surface area contributed by atoms with Gasteiger partial charge in [0.05, 0.1) is 0 Å². The summed E-state index contributed by atoms with van der Waals surface area (Å²) >= 11 is -0.611. The number of sulfonamides is 2. The molecule has 0 atom stereocenters. The van der Waals surface area contributed by atoms with Gasteiger partial charge in [0.1, 0.15) is 0 Å². The number of halogens is 5. The third kappa shape index (κ3) is 4.28. The Labute approximate surface area is 120 Å². The van der Waals surface area contributed by atoms with E-state index in [0.717, 1.165) is 12.1 Å². The van der Waals surface area contributed by atoms with E-state index in [2.05, 4.69) is 0 Å². The summed E-state index contributed by atoms with van der Waals surface area (Å²) in [6.45, 7) is 0. The maximum atomic E-state index is 13.5. The minimum atomic E-state index is -6.46. The number of rotatable bonds is 5. The Balaban J connectivity index is 3.07. The Morgan fingerprint density at radius 1 is 0.857 bits per heavy atom. The highest BCUT2D eigenvalue weighted by Gasteiger charge is 2.55. The van der Waals surface area contributed by atoms with Gasteiger partial charge in [-0.25, -0.2) is 16.8 Å². The number of nitrogens with one attached hydrogen (secondary N) is 1. The van der Waals surface area contributed by atoms with E-state index in [1.165, 1.54) is 18.2 Å². The van der Waals surface area contributed by atoms with Gasteiger partial charge in [0.2, 0.25) is 0 Å². The average molecular weight is 371 g/mol. The molecule has 13 heteroatoms. The highest BCUT2D eigenvalue weighted by molar-refractivity contribution is 8.17. The van der Waals surface area contributed by atoms with Gasteiger partial charge in [-0.3, -0.25) is 0 Å². The Morgan fingerprint density at radius 2 is 1.33 bits per heavy atom. The molecular weight excluding hydrogens is 365 g/mol. The van der Waals surface area contributed by atoms with Crippen molar-refractivity contribution in [1.82, 2.24) is 4.13 Å². The monoisotopic (exact) mass is 371 g/mol. The first-order valence-corrected chi connectivity index (χ1v) is 8.53. The molecule has 0 amide bonds. The molecule has 0 fully saturated rings. The summed E-state index contributed by atoms with van der Waals surface area (Å²) in [7, 11) is -12.6. The lowest BCUT2D eigenvalue weighted by Gasteiger charge is -2.17. The van der Waals surface area contributed by atoms with E-state index in [1.807, 2.05) is 0 Å². The van der Waals surface area contributed by atoms with Crippen LogP contribution in [0.4, 0.5) is 22.0 Å². The standard InChI is InChI=1S/C8H6F5NO4S3/c9-7(10,11)20(15,16)14-21(17,18)8(12,13)19-6-4-2-1-3-5-6/h1-5,14H. The van der Waals surface area contributed by atoms with Crippen molar-refractivity contribution < 1.29 is 38.8 Å². The predicted molar refractivity (Wildman–Crippen MR) is 64.3 cm³/mol. The predicted octanol–water partition coefficient (Wildman–Crippen LogP) is 2.10. The van der Waals surface area contributed by atoms with Crippen molar-refractivity contribution in [2.75, 3.05) is 0 Å². The van der Waals surface area contributed by atoms with Crippen LogP contribution < -0.4 is 4.13 Å². The first kappa shape index (κ1) is 18.1. The van der Waals surface area contributed by atoms with E-state index in [0.29, 0.717) is 0 Å². The lowest BCUT2D eigenvalue weighted by atomic mass is 10.4. The molecule has 0 saturated carbocycles. The molecule has 0 aliphatic carbocycles. The van der Waals surface area contributed by atoms with Gasteiger partial charge in [0.15, 0.2) is 0 Å². The van der Waals surface area contributed by atoms with Crippen molar-refractivity contribution >= 4 is 31.8 Å². The van der Waals surface area contributed by atoms with Gasteiger partial charge in [0, 0.05) is 4.90 Å². The van der Waals surface area contributed by atoms with E-state index in [-0.39, 0.29) is 9.02 Å². The molecule has 0 unspecified atom stereocenters. The van der Waals surface area contributed by atoms with Gasteiger partial charge in [-0.15, -0.1) is 0 Å². The molecule has 21 heavy (non-hydrogen) atoms. The van der Waals surface area contributed by atoms with Gasteiger partial charge in [-0.1, -0.05) is 22.3 Å². The van der Waals surface area contributed by atoms with Crippen LogP contribution in [0.1, 0.15) is 0 Å². The van der Waals surface area contributed by atoms with Crippen LogP contribution in [-0.2, 0) is 20.0 Å². The molecule has 0 aromatic heterocycles. The second-order valence-corrected chi connectivity index (χ2v) is 8.52. The van der Waals surface area contributed by atoms with E-state index < -0.39 is 41.9 Å². The molecule has 1 N–H and O–H groups in total. The average Bonchev–Trinajstić information content (AvgIpc) is 2.26. The van der Waals surface area contributed by atoms with Crippen LogP contribution in [-0.4, -0.2) is 26.9 Å². The molecule has 1 aromatic rings. The molecule has 0 bridgehead atoms. The zero-order valence-electron chi connectivity index (χ0n) is 9.63. The van der Waals surface area contributed by atoms with Crippen molar-refractivity contribution in [3.63, 3.8) is 0 Å². The molecule has 1 aromatic carbocycles. The number of thioether (sulfide) groups is 1. The maximum absolute atomic E-state index is 13.5. The largest absolute Gasteiger partial charge is 0.512 e. The van der Waals surface area contributed by atoms with E-state index in [1.54, 1.807) is 0 Å². The van der Waals surface area contributed by atoms with Crippen LogP contribution >= 0.6 is 11.8 Å². The third-order valence-corrected chi connectivity index (χ3v) is 6.46. The van der Waals surface area contributed by atoms with E-state index in [4.69, 9.17) is 0 Å². The van der Waals surface area contributed by atoms with Crippen molar-refractivity contribution in [3.8, 4) is 0 Å². The zero-order valence-corrected chi connectivity index (χ0v) is 12.1. The highest BCUT2D eigenvalue weighted by Crippen LogP contribution is 2.40. The lowest BCUT2D eigenvalue weighted by molar-refractivity contribution is -0.0441. The molecule has 0 heterocycles. The summed E-state index contributed by atoms with van der Waals surface area (Å²) in [5.74, 6) is 0. The molecule has 5 nitrogen and oxygen atoms in total. The molecule has 0 aliphatic heterocycles. The second kappa shape index (κ2) is 5.70. The van der Waals surface area contributed by atoms with Crippen molar-refractivity contribution in [2.45, 2.75) is 15.0 Å². The quantitative estimate of drug-likeness (QED) is 0.633. The van der Waals surface area contributed by atoms with Crippen LogP contribution in [0, 0.1) is 0 Å². The summed E-state index contributed by atoms with van der Waals surface area (Å²) in [5, 5.41) is 0. The Hall–Kier alpha value is -0.920. The van der Waals surface area contributed by atoms with E-state index in [9.17, 15) is 38.8 Å².